The summed E-state index contributed by atoms with van der Waals surface area (Å²) < 4.78 is 25.0. The molecule has 0 saturated carbocycles. The summed E-state index contributed by atoms with van der Waals surface area (Å²) in [5, 5.41) is 9.17. The van der Waals surface area contributed by atoms with Gasteiger partial charge in [-0.3, -0.25) is 4.79 Å². The highest BCUT2D eigenvalue weighted by molar-refractivity contribution is 7.89. The Morgan fingerprint density at radius 3 is 2.53 bits per heavy atom. The van der Waals surface area contributed by atoms with E-state index in [4.69, 9.17) is 0 Å². The summed E-state index contributed by atoms with van der Waals surface area (Å²) in [5.74, 6) is -0.902. The molecule has 1 saturated heterocycles. The first-order chi connectivity index (χ1) is 7.71. The lowest BCUT2D eigenvalue weighted by Gasteiger charge is -2.38. The van der Waals surface area contributed by atoms with Crippen LogP contribution < -0.4 is 0 Å². The Labute approximate surface area is 103 Å². The summed E-state index contributed by atoms with van der Waals surface area (Å²) in [6.07, 6.45) is 1.51. The molecule has 1 aliphatic heterocycles. The van der Waals surface area contributed by atoms with Crippen LogP contribution in [-0.4, -0.2) is 42.6 Å². The molecule has 0 aromatic carbocycles. The highest BCUT2D eigenvalue weighted by atomic mass is 32.2. The molecule has 1 heterocycles. The predicted molar refractivity (Wildman–Crippen MR) is 65.2 cm³/mol. The van der Waals surface area contributed by atoms with E-state index in [1.54, 1.807) is 20.8 Å². The lowest BCUT2D eigenvalue weighted by molar-refractivity contribution is -0.151. The first-order valence-electron chi connectivity index (χ1n) is 5.93. The fraction of sp³-hybridized carbons (Fsp3) is 0.909. The van der Waals surface area contributed by atoms with E-state index in [0.717, 1.165) is 12.8 Å². The summed E-state index contributed by atoms with van der Waals surface area (Å²) in [7, 11) is -3.20. The molecule has 100 valence electrons. The summed E-state index contributed by atoms with van der Waals surface area (Å²) in [6, 6.07) is 0. The minimum atomic E-state index is -3.20. The summed E-state index contributed by atoms with van der Waals surface area (Å²) in [6.45, 7) is 5.79. The Balaban J connectivity index is 2.84. The lowest BCUT2D eigenvalue weighted by Crippen LogP contribution is -2.47. The number of sulfonamides is 1. The van der Waals surface area contributed by atoms with E-state index in [2.05, 4.69) is 0 Å². The van der Waals surface area contributed by atoms with Gasteiger partial charge in [0.15, 0.2) is 0 Å². The highest BCUT2D eigenvalue weighted by Crippen LogP contribution is 2.34. The smallest absolute Gasteiger partial charge is 0.309 e. The van der Waals surface area contributed by atoms with Crippen LogP contribution in [0.1, 0.15) is 33.6 Å². The van der Waals surface area contributed by atoms with Crippen molar-refractivity contribution >= 4 is 16.0 Å². The molecule has 0 amide bonds. The van der Waals surface area contributed by atoms with Crippen molar-refractivity contribution in [2.75, 3.05) is 18.8 Å². The van der Waals surface area contributed by atoms with E-state index in [-0.39, 0.29) is 11.7 Å². The van der Waals surface area contributed by atoms with Gasteiger partial charge < -0.3 is 5.11 Å². The van der Waals surface area contributed by atoms with Crippen LogP contribution in [0.15, 0.2) is 0 Å². The normalized spacial score (nSPS) is 23.6. The molecule has 0 aromatic heterocycles. The molecule has 0 aromatic rings. The van der Waals surface area contributed by atoms with Crippen LogP contribution in [0, 0.1) is 11.3 Å². The number of hydrogen-bond acceptors (Lipinski definition) is 3. The largest absolute Gasteiger partial charge is 0.481 e. The molecule has 1 unspecified atom stereocenters. The fourth-order valence-corrected chi connectivity index (χ4v) is 3.32. The van der Waals surface area contributed by atoms with Crippen LogP contribution in [0.3, 0.4) is 0 Å². The van der Waals surface area contributed by atoms with Crippen molar-refractivity contribution in [2.24, 2.45) is 11.3 Å². The van der Waals surface area contributed by atoms with Crippen LogP contribution in [0.2, 0.25) is 0 Å². The van der Waals surface area contributed by atoms with E-state index >= 15 is 0 Å². The van der Waals surface area contributed by atoms with Crippen LogP contribution in [0.25, 0.3) is 0 Å². The van der Waals surface area contributed by atoms with Gasteiger partial charge in [-0.15, -0.1) is 0 Å². The molecule has 0 bridgehead atoms. The van der Waals surface area contributed by atoms with Gasteiger partial charge in [0.25, 0.3) is 0 Å². The van der Waals surface area contributed by atoms with Gasteiger partial charge in [-0.1, -0.05) is 0 Å². The van der Waals surface area contributed by atoms with Crippen LogP contribution >= 0.6 is 0 Å². The maximum atomic E-state index is 11.8. The topological polar surface area (TPSA) is 74.7 Å². The summed E-state index contributed by atoms with van der Waals surface area (Å²) in [4.78, 5) is 11.2. The van der Waals surface area contributed by atoms with Gasteiger partial charge in [0.2, 0.25) is 10.0 Å². The number of rotatable bonds is 4. The van der Waals surface area contributed by atoms with Crippen molar-refractivity contribution < 1.29 is 18.3 Å². The Bertz CT molecular complexity index is 388. The monoisotopic (exact) mass is 263 g/mol. The number of hydrogen-bond donors (Lipinski definition) is 1. The summed E-state index contributed by atoms with van der Waals surface area (Å²) in [5.41, 5.74) is -0.873. The Hall–Kier alpha value is -0.620. The van der Waals surface area contributed by atoms with Gasteiger partial charge in [0, 0.05) is 13.1 Å². The highest BCUT2D eigenvalue weighted by Gasteiger charge is 2.41. The minimum absolute atomic E-state index is 0.0766. The first kappa shape index (κ1) is 14.4. The molecule has 0 aliphatic carbocycles. The standard InChI is InChI=1S/C11H21NO4S/c1-4-17(15,16)12-7-5-6-9(8-12)11(2,3)10(13)14/h9H,4-8H2,1-3H3,(H,13,14). The number of carboxylic acids is 1. The van der Waals surface area contributed by atoms with Gasteiger partial charge in [-0.2, -0.15) is 0 Å². The Morgan fingerprint density at radius 1 is 1.47 bits per heavy atom. The molecule has 5 nitrogen and oxygen atoms in total. The quantitative estimate of drug-likeness (QED) is 0.826. The van der Waals surface area contributed by atoms with E-state index in [1.165, 1.54) is 4.31 Å². The molecule has 0 radical (unpaired) electrons. The van der Waals surface area contributed by atoms with E-state index in [0.29, 0.717) is 13.1 Å². The molecule has 1 fully saturated rings. The maximum Gasteiger partial charge on any atom is 0.309 e. The third-order valence-electron chi connectivity index (χ3n) is 3.71. The molecular formula is C11H21NO4S. The van der Waals surface area contributed by atoms with E-state index in [9.17, 15) is 18.3 Å². The van der Waals surface area contributed by atoms with Crippen molar-refractivity contribution in [3.8, 4) is 0 Å². The SMILES string of the molecule is CCS(=O)(=O)N1CCCC(C(C)(C)C(=O)O)C1. The van der Waals surface area contributed by atoms with Crippen molar-refractivity contribution in [1.82, 2.24) is 4.31 Å². The molecule has 1 N–H and O–H groups in total. The van der Waals surface area contributed by atoms with Gasteiger partial charge in [-0.05, 0) is 39.5 Å². The van der Waals surface area contributed by atoms with Crippen molar-refractivity contribution in [1.29, 1.82) is 0 Å². The van der Waals surface area contributed by atoms with Crippen molar-refractivity contribution in [3.05, 3.63) is 0 Å². The first-order valence-corrected chi connectivity index (χ1v) is 7.54. The zero-order chi connectivity index (χ0) is 13.3. The second-order valence-electron chi connectivity index (χ2n) is 5.12. The van der Waals surface area contributed by atoms with Gasteiger partial charge in [0.05, 0.1) is 11.2 Å². The Morgan fingerprint density at radius 2 is 2.06 bits per heavy atom. The molecule has 1 aliphatic rings. The molecular weight excluding hydrogens is 242 g/mol. The van der Waals surface area contributed by atoms with Gasteiger partial charge >= 0.3 is 5.97 Å². The van der Waals surface area contributed by atoms with E-state index in [1.807, 2.05) is 0 Å². The zero-order valence-corrected chi connectivity index (χ0v) is 11.5. The number of piperidine rings is 1. The van der Waals surface area contributed by atoms with Crippen molar-refractivity contribution in [3.63, 3.8) is 0 Å². The Kier molecular flexibility index (Phi) is 4.19. The summed E-state index contributed by atoms with van der Waals surface area (Å²) >= 11 is 0. The average Bonchev–Trinajstić information content (AvgIpc) is 2.29. The number of nitrogens with zero attached hydrogens (tertiary/aromatic N) is 1. The number of aliphatic carboxylic acids is 1. The molecule has 1 atom stereocenters. The zero-order valence-electron chi connectivity index (χ0n) is 10.6. The van der Waals surface area contributed by atoms with Gasteiger partial charge in [-0.25, -0.2) is 12.7 Å². The lowest BCUT2D eigenvalue weighted by atomic mass is 9.75. The second kappa shape index (κ2) is 4.94. The van der Waals surface area contributed by atoms with E-state index < -0.39 is 21.4 Å². The molecule has 1 rings (SSSR count). The second-order valence-corrected chi connectivity index (χ2v) is 7.38. The minimum Gasteiger partial charge on any atom is -0.481 e. The van der Waals surface area contributed by atoms with Crippen molar-refractivity contribution in [2.45, 2.75) is 33.6 Å². The van der Waals surface area contributed by atoms with Crippen LogP contribution in [0.4, 0.5) is 0 Å². The van der Waals surface area contributed by atoms with Gasteiger partial charge in [0.1, 0.15) is 0 Å². The third kappa shape index (κ3) is 2.98. The van der Waals surface area contributed by atoms with Crippen LogP contribution in [-0.2, 0) is 14.8 Å². The number of carboxylic acid groups (broad SMARTS) is 1. The predicted octanol–water partition coefficient (Wildman–Crippen LogP) is 1.16. The molecule has 6 heteroatoms. The third-order valence-corrected chi connectivity index (χ3v) is 5.56. The maximum absolute atomic E-state index is 11.8. The fourth-order valence-electron chi connectivity index (χ4n) is 2.14. The molecule has 0 spiro atoms. The van der Waals surface area contributed by atoms with Crippen LogP contribution in [0.5, 0.6) is 0 Å². The number of carbonyl (C=O) groups is 1. The average molecular weight is 263 g/mol. The molecule has 17 heavy (non-hydrogen) atoms.